The summed E-state index contributed by atoms with van der Waals surface area (Å²) in [7, 11) is 0. The molecular formula is C18H16FN3O2S. The number of benzene rings is 2. The van der Waals surface area contributed by atoms with Gasteiger partial charge in [-0.05, 0) is 24.6 Å². The van der Waals surface area contributed by atoms with Crippen LogP contribution in [0.15, 0.2) is 64.2 Å². The first kappa shape index (κ1) is 17.2. The average molecular weight is 357 g/mol. The standard InChI is InChI=1S/C18H16FN3O2S/c1-12(17(23)20-15-10-6-5-9-14(15)19)25-18-22-21-16(24-18)11-13-7-3-2-4-8-13/h2-10,12H,11H2,1H3,(H,20,23)/t12-/m0/s1. The molecule has 3 aromatic rings. The number of rotatable bonds is 6. The van der Waals surface area contributed by atoms with Gasteiger partial charge in [0, 0.05) is 0 Å². The summed E-state index contributed by atoms with van der Waals surface area (Å²) >= 11 is 1.13. The minimum atomic E-state index is -0.510. The number of aromatic nitrogens is 2. The fourth-order valence-corrected chi connectivity index (χ4v) is 2.83. The zero-order valence-electron chi connectivity index (χ0n) is 13.5. The highest BCUT2D eigenvalue weighted by Crippen LogP contribution is 2.24. The summed E-state index contributed by atoms with van der Waals surface area (Å²) in [6.45, 7) is 1.70. The number of carbonyl (C=O) groups is 1. The Hall–Kier alpha value is -2.67. The third-order valence-corrected chi connectivity index (χ3v) is 4.36. The van der Waals surface area contributed by atoms with Gasteiger partial charge in [-0.25, -0.2) is 4.39 Å². The quantitative estimate of drug-likeness (QED) is 0.677. The Bertz CT molecular complexity index is 854. The van der Waals surface area contributed by atoms with Crippen LogP contribution in [-0.4, -0.2) is 21.4 Å². The van der Waals surface area contributed by atoms with Crippen molar-refractivity contribution in [3.8, 4) is 0 Å². The van der Waals surface area contributed by atoms with Gasteiger partial charge in [0.1, 0.15) is 5.82 Å². The number of halogens is 1. The number of hydrogen-bond donors (Lipinski definition) is 1. The van der Waals surface area contributed by atoms with Crippen molar-refractivity contribution < 1.29 is 13.6 Å². The minimum Gasteiger partial charge on any atom is -0.416 e. The maximum Gasteiger partial charge on any atom is 0.277 e. The van der Waals surface area contributed by atoms with Gasteiger partial charge in [0.05, 0.1) is 17.4 Å². The number of para-hydroxylation sites is 1. The summed E-state index contributed by atoms with van der Waals surface area (Å²) in [5.74, 6) is -0.329. The molecule has 25 heavy (non-hydrogen) atoms. The Labute approximate surface area is 148 Å². The van der Waals surface area contributed by atoms with Gasteiger partial charge in [0.2, 0.25) is 11.8 Å². The van der Waals surface area contributed by atoms with Crippen LogP contribution >= 0.6 is 11.8 Å². The molecule has 0 fully saturated rings. The van der Waals surface area contributed by atoms with Gasteiger partial charge in [-0.1, -0.05) is 54.2 Å². The molecule has 0 unspecified atom stereocenters. The molecule has 3 rings (SSSR count). The maximum absolute atomic E-state index is 13.6. The second-order valence-corrected chi connectivity index (χ2v) is 6.65. The number of carbonyl (C=O) groups excluding carboxylic acids is 1. The van der Waals surface area contributed by atoms with E-state index >= 15 is 0 Å². The lowest BCUT2D eigenvalue weighted by atomic mass is 10.2. The average Bonchev–Trinajstić information content (AvgIpc) is 3.04. The second-order valence-electron chi connectivity index (χ2n) is 5.35. The molecule has 2 aromatic carbocycles. The summed E-state index contributed by atoms with van der Waals surface area (Å²) in [6, 6.07) is 15.8. The summed E-state index contributed by atoms with van der Waals surface area (Å²) in [4.78, 5) is 12.2. The van der Waals surface area contributed by atoms with Crippen molar-refractivity contribution in [1.82, 2.24) is 10.2 Å². The van der Waals surface area contributed by atoms with Gasteiger partial charge < -0.3 is 9.73 Å². The summed E-state index contributed by atoms with van der Waals surface area (Å²) in [6.07, 6.45) is 0.532. The number of thioether (sulfide) groups is 1. The molecule has 1 heterocycles. The highest BCUT2D eigenvalue weighted by molar-refractivity contribution is 8.00. The number of nitrogens with zero attached hydrogens (tertiary/aromatic N) is 2. The van der Waals surface area contributed by atoms with Gasteiger partial charge in [0.15, 0.2) is 0 Å². The molecule has 0 radical (unpaired) electrons. The van der Waals surface area contributed by atoms with E-state index < -0.39 is 11.1 Å². The lowest BCUT2D eigenvalue weighted by molar-refractivity contribution is -0.115. The van der Waals surface area contributed by atoms with E-state index in [1.165, 1.54) is 12.1 Å². The van der Waals surface area contributed by atoms with E-state index in [4.69, 9.17) is 4.42 Å². The molecular weight excluding hydrogens is 341 g/mol. The van der Waals surface area contributed by atoms with Crippen LogP contribution in [0.2, 0.25) is 0 Å². The van der Waals surface area contributed by atoms with E-state index in [1.807, 2.05) is 30.3 Å². The predicted octanol–water partition coefficient (Wildman–Crippen LogP) is 3.92. The van der Waals surface area contributed by atoms with Crippen molar-refractivity contribution in [2.24, 2.45) is 0 Å². The van der Waals surface area contributed by atoms with Gasteiger partial charge in [-0.2, -0.15) is 0 Å². The van der Waals surface area contributed by atoms with Crippen LogP contribution in [0.1, 0.15) is 18.4 Å². The fourth-order valence-electron chi connectivity index (χ4n) is 2.13. The first-order chi connectivity index (χ1) is 12.1. The molecule has 0 aliphatic heterocycles. The van der Waals surface area contributed by atoms with Gasteiger partial charge in [-0.3, -0.25) is 4.79 Å². The van der Waals surface area contributed by atoms with E-state index in [2.05, 4.69) is 15.5 Å². The second kappa shape index (κ2) is 7.94. The Morgan fingerprint density at radius 2 is 1.88 bits per heavy atom. The van der Waals surface area contributed by atoms with E-state index in [9.17, 15) is 9.18 Å². The molecule has 0 spiro atoms. The van der Waals surface area contributed by atoms with Crippen molar-refractivity contribution in [1.29, 1.82) is 0 Å². The molecule has 1 N–H and O–H groups in total. The first-order valence-electron chi connectivity index (χ1n) is 7.70. The Morgan fingerprint density at radius 1 is 1.16 bits per heavy atom. The van der Waals surface area contributed by atoms with Crippen molar-refractivity contribution in [3.05, 3.63) is 71.9 Å². The zero-order valence-corrected chi connectivity index (χ0v) is 14.3. The Morgan fingerprint density at radius 3 is 2.64 bits per heavy atom. The van der Waals surface area contributed by atoms with Crippen molar-refractivity contribution in [3.63, 3.8) is 0 Å². The number of nitrogens with one attached hydrogen (secondary N) is 1. The van der Waals surface area contributed by atoms with Crippen LogP contribution in [0.4, 0.5) is 10.1 Å². The molecule has 0 saturated heterocycles. The monoisotopic (exact) mass is 357 g/mol. The molecule has 1 amide bonds. The molecule has 0 bridgehead atoms. The van der Waals surface area contributed by atoms with Crippen LogP contribution < -0.4 is 5.32 Å². The van der Waals surface area contributed by atoms with Gasteiger partial charge in [-0.15, -0.1) is 10.2 Å². The molecule has 0 aliphatic rings. The van der Waals surface area contributed by atoms with E-state index in [1.54, 1.807) is 19.1 Å². The largest absolute Gasteiger partial charge is 0.416 e. The predicted molar refractivity (Wildman–Crippen MR) is 93.9 cm³/mol. The number of hydrogen-bond acceptors (Lipinski definition) is 5. The van der Waals surface area contributed by atoms with Crippen LogP contribution in [0.25, 0.3) is 0 Å². The lowest BCUT2D eigenvalue weighted by Crippen LogP contribution is -2.22. The summed E-state index contributed by atoms with van der Waals surface area (Å²) in [5.41, 5.74) is 1.21. The van der Waals surface area contributed by atoms with E-state index in [-0.39, 0.29) is 11.6 Å². The Kier molecular flexibility index (Phi) is 5.45. The van der Waals surface area contributed by atoms with Crippen LogP contribution in [0.3, 0.4) is 0 Å². The fraction of sp³-hybridized carbons (Fsp3) is 0.167. The van der Waals surface area contributed by atoms with Crippen LogP contribution in [-0.2, 0) is 11.2 Å². The SMILES string of the molecule is C[C@H](Sc1nnc(Cc2ccccc2)o1)C(=O)Nc1ccccc1F. The molecule has 5 nitrogen and oxygen atoms in total. The van der Waals surface area contributed by atoms with Crippen molar-refractivity contribution >= 4 is 23.4 Å². The lowest BCUT2D eigenvalue weighted by Gasteiger charge is -2.10. The number of amides is 1. The molecule has 0 aliphatic carbocycles. The maximum atomic E-state index is 13.6. The van der Waals surface area contributed by atoms with Gasteiger partial charge >= 0.3 is 0 Å². The normalized spacial score (nSPS) is 11.9. The van der Waals surface area contributed by atoms with Crippen LogP contribution in [0.5, 0.6) is 0 Å². The third kappa shape index (κ3) is 4.67. The summed E-state index contributed by atoms with van der Waals surface area (Å²) < 4.78 is 19.2. The van der Waals surface area contributed by atoms with E-state index in [0.717, 1.165) is 17.3 Å². The summed E-state index contributed by atoms with van der Waals surface area (Å²) in [5, 5.41) is 10.3. The van der Waals surface area contributed by atoms with Crippen molar-refractivity contribution in [2.75, 3.05) is 5.32 Å². The van der Waals surface area contributed by atoms with Crippen molar-refractivity contribution in [2.45, 2.75) is 23.8 Å². The molecule has 1 atom stereocenters. The van der Waals surface area contributed by atoms with Gasteiger partial charge in [0.25, 0.3) is 5.22 Å². The highest BCUT2D eigenvalue weighted by atomic mass is 32.2. The topological polar surface area (TPSA) is 68.0 Å². The smallest absolute Gasteiger partial charge is 0.277 e. The zero-order chi connectivity index (χ0) is 17.6. The Balaban J connectivity index is 1.58. The molecule has 7 heteroatoms. The molecule has 128 valence electrons. The van der Waals surface area contributed by atoms with Crippen LogP contribution in [0, 0.1) is 5.82 Å². The number of anilines is 1. The highest BCUT2D eigenvalue weighted by Gasteiger charge is 2.19. The minimum absolute atomic E-state index is 0.148. The molecule has 0 saturated carbocycles. The third-order valence-electron chi connectivity index (χ3n) is 3.43. The van der Waals surface area contributed by atoms with E-state index in [0.29, 0.717) is 17.5 Å². The first-order valence-corrected chi connectivity index (χ1v) is 8.58. The molecule has 1 aromatic heterocycles.